The lowest BCUT2D eigenvalue weighted by Crippen LogP contribution is -2.42. The van der Waals surface area contributed by atoms with Crippen molar-refractivity contribution in [1.29, 1.82) is 0 Å². The number of anilines is 1. The average molecular weight is 428 g/mol. The van der Waals surface area contributed by atoms with Crippen LogP contribution in [0.2, 0.25) is 0 Å². The molecule has 9 heteroatoms. The highest BCUT2D eigenvalue weighted by molar-refractivity contribution is 5.76. The van der Waals surface area contributed by atoms with Crippen LogP contribution in [0, 0.1) is 6.92 Å². The third kappa shape index (κ3) is 2.84. The standard InChI is InChI=1S/C23H25N9/c1-3-18-23-30-28-14(2)31(23)19-13-25-21(27-22(19)32(18)15-8-4-5-9-15)16-12-26-29-20(16)17-10-6-7-11-24-17/h6-7,10-13,15,18H,3-5,8-9H2,1-2H3,(H,26,29)/t18-/m1/s1. The van der Waals surface area contributed by atoms with Crippen LogP contribution in [-0.4, -0.2) is 46.0 Å². The van der Waals surface area contributed by atoms with E-state index in [2.05, 4.69) is 41.8 Å². The van der Waals surface area contributed by atoms with Crippen molar-refractivity contribution in [2.45, 2.75) is 58.0 Å². The summed E-state index contributed by atoms with van der Waals surface area (Å²) in [4.78, 5) is 16.8. The predicted molar refractivity (Wildman–Crippen MR) is 120 cm³/mol. The van der Waals surface area contributed by atoms with Crippen LogP contribution < -0.4 is 4.90 Å². The molecule has 1 fully saturated rings. The summed E-state index contributed by atoms with van der Waals surface area (Å²) in [6.07, 6.45) is 11.3. The Balaban J connectivity index is 1.53. The highest BCUT2D eigenvalue weighted by Crippen LogP contribution is 2.43. The Labute approximate surface area is 186 Å². The fourth-order valence-corrected chi connectivity index (χ4v) is 5.16. The predicted octanol–water partition coefficient (Wildman–Crippen LogP) is 4.03. The zero-order chi connectivity index (χ0) is 21.7. The molecule has 0 aromatic carbocycles. The molecular weight excluding hydrogens is 402 g/mol. The van der Waals surface area contributed by atoms with Gasteiger partial charge in [-0.3, -0.25) is 14.6 Å². The van der Waals surface area contributed by atoms with Crippen LogP contribution in [0.5, 0.6) is 0 Å². The van der Waals surface area contributed by atoms with E-state index in [0.29, 0.717) is 11.9 Å². The Morgan fingerprint density at radius 1 is 1.09 bits per heavy atom. The smallest absolute Gasteiger partial charge is 0.165 e. The Hall–Kier alpha value is -3.62. The van der Waals surface area contributed by atoms with Crippen LogP contribution in [0.1, 0.15) is 56.7 Å². The summed E-state index contributed by atoms with van der Waals surface area (Å²) < 4.78 is 2.12. The minimum Gasteiger partial charge on any atom is -0.342 e. The molecule has 6 rings (SSSR count). The van der Waals surface area contributed by atoms with Gasteiger partial charge < -0.3 is 4.90 Å². The van der Waals surface area contributed by atoms with Crippen molar-refractivity contribution in [3.05, 3.63) is 48.4 Å². The van der Waals surface area contributed by atoms with Gasteiger partial charge in [0.15, 0.2) is 17.5 Å². The van der Waals surface area contributed by atoms with E-state index in [4.69, 9.17) is 9.97 Å². The van der Waals surface area contributed by atoms with E-state index in [9.17, 15) is 0 Å². The van der Waals surface area contributed by atoms with Gasteiger partial charge in [-0.1, -0.05) is 25.8 Å². The first-order valence-electron chi connectivity index (χ1n) is 11.3. The van der Waals surface area contributed by atoms with Crippen molar-refractivity contribution in [2.75, 3.05) is 4.90 Å². The molecule has 9 nitrogen and oxygen atoms in total. The highest BCUT2D eigenvalue weighted by atomic mass is 15.4. The summed E-state index contributed by atoms with van der Waals surface area (Å²) in [5, 5.41) is 16.3. The number of hydrogen-bond acceptors (Lipinski definition) is 7. The van der Waals surface area contributed by atoms with Crippen molar-refractivity contribution in [2.24, 2.45) is 0 Å². The number of H-pyrrole nitrogens is 1. The second-order valence-electron chi connectivity index (χ2n) is 8.49. The normalized spacial score (nSPS) is 18.1. The number of pyridine rings is 1. The third-order valence-corrected chi connectivity index (χ3v) is 6.63. The van der Waals surface area contributed by atoms with Gasteiger partial charge in [0.05, 0.1) is 35.4 Å². The van der Waals surface area contributed by atoms with Gasteiger partial charge >= 0.3 is 0 Å². The molecule has 1 aliphatic heterocycles. The molecule has 162 valence electrons. The number of hydrogen-bond donors (Lipinski definition) is 1. The van der Waals surface area contributed by atoms with Crippen LogP contribution in [0.4, 0.5) is 5.82 Å². The van der Waals surface area contributed by atoms with Gasteiger partial charge in [-0.15, -0.1) is 10.2 Å². The first-order chi connectivity index (χ1) is 15.8. The van der Waals surface area contributed by atoms with Gasteiger partial charge in [0.25, 0.3) is 0 Å². The van der Waals surface area contributed by atoms with Crippen LogP contribution in [-0.2, 0) is 0 Å². The third-order valence-electron chi connectivity index (χ3n) is 6.63. The maximum atomic E-state index is 5.14. The molecule has 1 aliphatic carbocycles. The second-order valence-corrected chi connectivity index (χ2v) is 8.49. The Bertz CT molecular complexity index is 1250. The van der Waals surface area contributed by atoms with E-state index in [1.165, 1.54) is 25.7 Å². The van der Waals surface area contributed by atoms with E-state index in [1.807, 2.05) is 31.3 Å². The average Bonchev–Trinajstić information content (AvgIpc) is 3.60. The highest BCUT2D eigenvalue weighted by Gasteiger charge is 2.39. The number of rotatable bonds is 4. The van der Waals surface area contributed by atoms with E-state index < -0.39 is 0 Å². The summed E-state index contributed by atoms with van der Waals surface area (Å²) in [7, 11) is 0. The zero-order valence-corrected chi connectivity index (χ0v) is 18.2. The SMILES string of the molecule is CC[C@@H]1c2nnc(C)n2-c2cnc(-c3cn[nH]c3-c3ccccn3)nc2N1C1CCCC1. The summed E-state index contributed by atoms with van der Waals surface area (Å²) in [5.41, 5.74) is 3.43. The fourth-order valence-electron chi connectivity index (χ4n) is 5.16. The molecule has 0 spiro atoms. The molecule has 2 aliphatic rings. The minimum absolute atomic E-state index is 0.147. The van der Waals surface area contributed by atoms with Crippen molar-refractivity contribution < 1.29 is 0 Å². The topological polar surface area (TPSA) is 101 Å². The molecule has 32 heavy (non-hydrogen) atoms. The number of aromatic nitrogens is 8. The van der Waals surface area contributed by atoms with Crippen LogP contribution in [0.25, 0.3) is 28.5 Å². The van der Waals surface area contributed by atoms with Gasteiger partial charge in [0, 0.05) is 12.2 Å². The molecule has 0 saturated heterocycles. The molecule has 4 aromatic rings. The molecule has 1 saturated carbocycles. The van der Waals surface area contributed by atoms with E-state index in [1.54, 1.807) is 12.4 Å². The number of fused-ring (bicyclic) bond motifs is 3. The van der Waals surface area contributed by atoms with Crippen molar-refractivity contribution in [3.63, 3.8) is 0 Å². The second kappa shape index (κ2) is 7.51. The van der Waals surface area contributed by atoms with Crippen LogP contribution in [0.15, 0.2) is 36.8 Å². The molecule has 4 aromatic heterocycles. The largest absolute Gasteiger partial charge is 0.342 e. The fraction of sp³-hybridized carbons (Fsp3) is 0.391. The first-order valence-corrected chi connectivity index (χ1v) is 11.3. The zero-order valence-electron chi connectivity index (χ0n) is 18.2. The van der Waals surface area contributed by atoms with Crippen LogP contribution in [0.3, 0.4) is 0 Å². The molecule has 0 bridgehead atoms. The van der Waals surface area contributed by atoms with E-state index >= 15 is 0 Å². The molecule has 0 amide bonds. The van der Waals surface area contributed by atoms with E-state index in [0.717, 1.165) is 46.5 Å². The number of aryl methyl sites for hydroxylation is 1. The quantitative estimate of drug-likeness (QED) is 0.525. The van der Waals surface area contributed by atoms with Gasteiger partial charge in [-0.2, -0.15) is 5.10 Å². The summed E-state index contributed by atoms with van der Waals surface area (Å²) in [6.45, 7) is 4.20. The van der Waals surface area contributed by atoms with Crippen molar-refractivity contribution >= 4 is 5.82 Å². The number of aromatic amines is 1. The summed E-state index contributed by atoms with van der Waals surface area (Å²) in [6, 6.07) is 6.42. The Kier molecular flexibility index (Phi) is 4.48. The Morgan fingerprint density at radius 3 is 2.75 bits per heavy atom. The lowest BCUT2D eigenvalue weighted by Gasteiger charge is -2.41. The summed E-state index contributed by atoms with van der Waals surface area (Å²) in [5.74, 6) is 3.44. The molecular formula is C23H25N9. The monoisotopic (exact) mass is 427 g/mol. The van der Waals surface area contributed by atoms with Gasteiger partial charge in [-0.05, 0) is 38.3 Å². The molecule has 1 atom stereocenters. The maximum absolute atomic E-state index is 5.14. The van der Waals surface area contributed by atoms with Crippen LogP contribution >= 0.6 is 0 Å². The first kappa shape index (κ1) is 19.1. The van der Waals surface area contributed by atoms with E-state index in [-0.39, 0.29) is 6.04 Å². The van der Waals surface area contributed by atoms with Gasteiger partial charge in [0.1, 0.15) is 11.5 Å². The van der Waals surface area contributed by atoms with Gasteiger partial charge in [-0.25, -0.2) is 9.97 Å². The number of nitrogens with one attached hydrogen (secondary N) is 1. The summed E-state index contributed by atoms with van der Waals surface area (Å²) >= 11 is 0. The number of nitrogens with zero attached hydrogens (tertiary/aromatic N) is 8. The Morgan fingerprint density at radius 2 is 1.97 bits per heavy atom. The maximum Gasteiger partial charge on any atom is 0.165 e. The minimum atomic E-state index is 0.147. The van der Waals surface area contributed by atoms with Crippen molar-refractivity contribution in [3.8, 4) is 28.5 Å². The van der Waals surface area contributed by atoms with Crippen molar-refractivity contribution in [1.82, 2.24) is 39.9 Å². The van der Waals surface area contributed by atoms with Gasteiger partial charge in [0.2, 0.25) is 0 Å². The lowest BCUT2D eigenvalue weighted by molar-refractivity contribution is 0.468. The lowest BCUT2D eigenvalue weighted by atomic mass is 10.0. The molecule has 5 heterocycles. The molecule has 1 N–H and O–H groups in total. The molecule has 0 radical (unpaired) electrons. The molecule has 0 unspecified atom stereocenters.